The lowest BCUT2D eigenvalue weighted by Gasteiger charge is -2.18. The second kappa shape index (κ2) is 53.5. The molecule has 0 amide bonds. The van der Waals surface area contributed by atoms with E-state index in [0.717, 1.165) is 64.2 Å². The van der Waals surface area contributed by atoms with Crippen molar-refractivity contribution in [3.05, 3.63) is 24.3 Å². The van der Waals surface area contributed by atoms with Crippen molar-refractivity contribution in [2.75, 3.05) is 13.2 Å². The predicted molar refractivity (Wildman–Crippen MR) is 275 cm³/mol. The summed E-state index contributed by atoms with van der Waals surface area (Å²) in [5, 5.41) is 0. The minimum atomic E-state index is -0.764. The van der Waals surface area contributed by atoms with E-state index < -0.39 is 6.10 Å². The normalized spacial score (nSPS) is 12.1. The van der Waals surface area contributed by atoms with Gasteiger partial charge in [0.25, 0.3) is 0 Å². The van der Waals surface area contributed by atoms with Gasteiger partial charge in [0.2, 0.25) is 0 Å². The number of rotatable bonds is 52. The van der Waals surface area contributed by atoms with Crippen molar-refractivity contribution >= 4 is 17.9 Å². The number of carbonyl (C=O) groups excluding carboxylic acids is 3. The Labute approximate surface area is 398 Å². The number of hydrogen-bond acceptors (Lipinski definition) is 6. The predicted octanol–water partition coefficient (Wildman–Crippen LogP) is 18.7. The molecule has 6 heteroatoms. The minimum Gasteiger partial charge on any atom is -0.462 e. The monoisotopic (exact) mass is 901 g/mol. The van der Waals surface area contributed by atoms with Crippen molar-refractivity contribution in [1.29, 1.82) is 0 Å². The van der Waals surface area contributed by atoms with Crippen LogP contribution in [0.15, 0.2) is 24.3 Å². The first-order valence-corrected chi connectivity index (χ1v) is 28.3. The van der Waals surface area contributed by atoms with Crippen LogP contribution < -0.4 is 0 Å². The molecule has 0 rings (SSSR count). The number of hydrogen-bond donors (Lipinski definition) is 0. The fraction of sp³-hybridized carbons (Fsp3) is 0.879. The molecule has 0 aliphatic carbocycles. The van der Waals surface area contributed by atoms with Gasteiger partial charge in [-0.3, -0.25) is 14.4 Å². The molecule has 6 nitrogen and oxygen atoms in total. The van der Waals surface area contributed by atoms with Gasteiger partial charge in [-0.15, -0.1) is 0 Å². The van der Waals surface area contributed by atoms with Crippen molar-refractivity contribution in [2.24, 2.45) is 0 Å². The summed E-state index contributed by atoms with van der Waals surface area (Å²) in [4.78, 5) is 37.9. The summed E-state index contributed by atoms with van der Waals surface area (Å²) in [5.74, 6) is -0.858. The average Bonchev–Trinajstić information content (AvgIpc) is 3.29. The molecule has 0 saturated heterocycles. The zero-order valence-electron chi connectivity index (χ0n) is 43.1. The molecule has 0 aliphatic heterocycles. The van der Waals surface area contributed by atoms with Gasteiger partial charge in [-0.2, -0.15) is 0 Å². The Hall–Kier alpha value is -2.11. The van der Waals surface area contributed by atoms with E-state index in [1.54, 1.807) is 0 Å². The van der Waals surface area contributed by atoms with Gasteiger partial charge >= 0.3 is 17.9 Å². The highest BCUT2D eigenvalue weighted by molar-refractivity contribution is 5.71. The average molecular weight is 901 g/mol. The van der Waals surface area contributed by atoms with Gasteiger partial charge in [-0.05, 0) is 51.4 Å². The van der Waals surface area contributed by atoms with E-state index in [1.165, 1.54) is 205 Å². The highest BCUT2D eigenvalue weighted by Crippen LogP contribution is 2.17. The van der Waals surface area contributed by atoms with E-state index in [0.29, 0.717) is 19.3 Å². The van der Waals surface area contributed by atoms with Gasteiger partial charge < -0.3 is 14.2 Å². The molecule has 0 aliphatic rings. The Morgan fingerprint density at radius 2 is 0.562 bits per heavy atom. The highest BCUT2D eigenvalue weighted by atomic mass is 16.6. The Morgan fingerprint density at radius 1 is 0.312 bits per heavy atom. The summed E-state index contributed by atoms with van der Waals surface area (Å²) in [6.45, 7) is 6.63. The van der Waals surface area contributed by atoms with Gasteiger partial charge in [-0.25, -0.2) is 0 Å². The molecular formula is C58H108O6. The van der Waals surface area contributed by atoms with Crippen LogP contribution in [0.2, 0.25) is 0 Å². The van der Waals surface area contributed by atoms with E-state index in [4.69, 9.17) is 14.2 Å². The Morgan fingerprint density at radius 3 is 0.859 bits per heavy atom. The molecule has 0 spiro atoms. The van der Waals surface area contributed by atoms with E-state index in [2.05, 4.69) is 45.1 Å². The third kappa shape index (κ3) is 50.9. The van der Waals surface area contributed by atoms with Crippen LogP contribution in [0, 0.1) is 0 Å². The van der Waals surface area contributed by atoms with E-state index in [9.17, 15) is 14.4 Å². The summed E-state index contributed by atoms with van der Waals surface area (Å²) in [6.07, 6.45) is 61.9. The SMILES string of the molecule is CCCCCCC/C=C\C/C=C\CCCCCCCCCCCCCC(=O)OCC(COC(=O)CCCCCCCCC)OC(=O)CCCCCCCCCCCCCCCCCC. The number of ether oxygens (including phenoxy) is 3. The molecule has 0 radical (unpaired) electrons. The molecule has 0 aromatic heterocycles. The molecule has 376 valence electrons. The van der Waals surface area contributed by atoms with Gasteiger partial charge in [0.1, 0.15) is 13.2 Å². The zero-order chi connectivity index (χ0) is 46.5. The van der Waals surface area contributed by atoms with Crippen LogP contribution in [-0.2, 0) is 28.6 Å². The summed E-state index contributed by atoms with van der Waals surface area (Å²) in [6, 6.07) is 0. The fourth-order valence-electron chi connectivity index (χ4n) is 8.42. The highest BCUT2D eigenvalue weighted by Gasteiger charge is 2.19. The summed E-state index contributed by atoms with van der Waals surface area (Å²) in [7, 11) is 0. The topological polar surface area (TPSA) is 78.9 Å². The molecule has 0 aromatic rings. The summed E-state index contributed by atoms with van der Waals surface area (Å²) >= 11 is 0. The molecule has 0 N–H and O–H groups in total. The van der Waals surface area contributed by atoms with Crippen LogP contribution >= 0.6 is 0 Å². The fourth-order valence-corrected chi connectivity index (χ4v) is 8.42. The Balaban J connectivity index is 4.14. The summed E-state index contributed by atoms with van der Waals surface area (Å²) < 4.78 is 16.8. The lowest BCUT2D eigenvalue weighted by atomic mass is 10.0. The minimum absolute atomic E-state index is 0.0674. The second-order valence-corrected chi connectivity index (χ2v) is 19.2. The number of allylic oxidation sites excluding steroid dienone is 4. The van der Waals surface area contributed by atoms with Crippen molar-refractivity contribution in [3.63, 3.8) is 0 Å². The quantitative estimate of drug-likeness (QED) is 0.0262. The second-order valence-electron chi connectivity index (χ2n) is 19.2. The lowest BCUT2D eigenvalue weighted by molar-refractivity contribution is -0.167. The number of unbranched alkanes of at least 4 members (excludes halogenated alkanes) is 37. The zero-order valence-corrected chi connectivity index (χ0v) is 43.1. The van der Waals surface area contributed by atoms with Crippen molar-refractivity contribution in [2.45, 2.75) is 316 Å². The molecular weight excluding hydrogens is 793 g/mol. The molecule has 64 heavy (non-hydrogen) atoms. The van der Waals surface area contributed by atoms with Crippen LogP contribution in [0.4, 0.5) is 0 Å². The van der Waals surface area contributed by atoms with Crippen LogP contribution in [-0.4, -0.2) is 37.2 Å². The maximum absolute atomic E-state index is 12.8. The third-order valence-electron chi connectivity index (χ3n) is 12.7. The van der Waals surface area contributed by atoms with Gasteiger partial charge in [-0.1, -0.05) is 263 Å². The van der Waals surface area contributed by atoms with E-state index >= 15 is 0 Å². The largest absolute Gasteiger partial charge is 0.462 e. The van der Waals surface area contributed by atoms with Crippen molar-refractivity contribution in [3.8, 4) is 0 Å². The molecule has 0 saturated carbocycles. The van der Waals surface area contributed by atoms with Gasteiger partial charge in [0.15, 0.2) is 6.10 Å². The van der Waals surface area contributed by atoms with Crippen LogP contribution in [0.3, 0.4) is 0 Å². The molecule has 1 atom stereocenters. The Kier molecular flexibility index (Phi) is 51.7. The maximum atomic E-state index is 12.8. The molecule has 1 unspecified atom stereocenters. The first kappa shape index (κ1) is 61.9. The number of carbonyl (C=O) groups is 3. The first-order chi connectivity index (χ1) is 31.5. The third-order valence-corrected chi connectivity index (χ3v) is 12.7. The smallest absolute Gasteiger partial charge is 0.306 e. The molecule has 0 fully saturated rings. The standard InChI is InChI=1S/C58H108O6/c1-4-7-10-13-16-18-20-22-24-26-27-28-29-30-31-32-34-35-37-39-42-45-48-51-57(60)63-54-55(53-62-56(59)50-47-44-41-15-12-9-6-3)64-58(61)52-49-46-43-40-38-36-33-25-23-21-19-17-14-11-8-5-2/h20,22,26-27,55H,4-19,21,23-25,28-54H2,1-3H3/b22-20-,27-26-. The first-order valence-electron chi connectivity index (χ1n) is 28.3. The maximum Gasteiger partial charge on any atom is 0.306 e. The van der Waals surface area contributed by atoms with Gasteiger partial charge in [0, 0.05) is 19.3 Å². The Bertz CT molecular complexity index is 1040. The van der Waals surface area contributed by atoms with Crippen LogP contribution in [0.5, 0.6) is 0 Å². The molecule has 0 aromatic carbocycles. The van der Waals surface area contributed by atoms with Gasteiger partial charge in [0.05, 0.1) is 0 Å². The van der Waals surface area contributed by atoms with Crippen molar-refractivity contribution in [1.82, 2.24) is 0 Å². The number of esters is 3. The molecule has 0 heterocycles. The van der Waals surface area contributed by atoms with Crippen LogP contribution in [0.25, 0.3) is 0 Å². The summed E-state index contributed by atoms with van der Waals surface area (Å²) in [5.41, 5.74) is 0. The molecule has 0 bridgehead atoms. The lowest BCUT2D eigenvalue weighted by Crippen LogP contribution is -2.30. The van der Waals surface area contributed by atoms with Crippen molar-refractivity contribution < 1.29 is 28.6 Å². The van der Waals surface area contributed by atoms with E-state index in [1.807, 2.05) is 0 Å². The van der Waals surface area contributed by atoms with E-state index in [-0.39, 0.29) is 31.1 Å². The van der Waals surface area contributed by atoms with Crippen LogP contribution in [0.1, 0.15) is 310 Å².